The average molecular weight is 409 g/mol. The molecule has 94 valence electrons. The van der Waals surface area contributed by atoms with E-state index in [1.54, 1.807) is 6.07 Å². The molecule has 0 bridgehead atoms. The molecule has 0 saturated heterocycles. The van der Waals surface area contributed by atoms with Crippen LogP contribution in [0.15, 0.2) is 46.9 Å². The molecule has 2 rings (SSSR count). The topological polar surface area (TPSA) is 0 Å². The Morgan fingerprint density at radius 1 is 1.06 bits per heavy atom. The van der Waals surface area contributed by atoms with Crippen molar-refractivity contribution in [1.29, 1.82) is 0 Å². The van der Waals surface area contributed by atoms with Gasteiger partial charge in [-0.05, 0) is 47.9 Å². The number of rotatable bonds is 3. The van der Waals surface area contributed by atoms with Gasteiger partial charge in [-0.15, -0.1) is 0 Å². The zero-order valence-electron chi connectivity index (χ0n) is 9.34. The fourth-order valence-corrected chi connectivity index (χ4v) is 3.50. The molecule has 0 heterocycles. The Kier molecular flexibility index (Phi) is 5.14. The van der Waals surface area contributed by atoms with Gasteiger partial charge in [0.25, 0.3) is 0 Å². The van der Waals surface area contributed by atoms with Gasteiger partial charge < -0.3 is 0 Å². The molecule has 0 spiro atoms. The predicted octanol–water partition coefficient (Wildman–Crippen LogP) is 6.43. The van der Waals surface area contributed by atoms with E-state index in [2.05, 4.69) is 44.0 Å². The molecule has 2 aromatic rings. The Labute approximate surface area is 134 Å². The average Bonchev–Trinajstić information content (AvgIpc) is 2.32. The summed E-state index contributed by atoms with van der Waals surface area (Å²) in [4.78, 5) is 0.151. The van der Waals surface area contributed by atoms with Crippen LogP contribution < -0.4 is 0 Å². The smallest absolute Gasteiger partial charge is 0.0450 e. The van der Waals surface area contributed by atoms with Crippen LogP contribution in [0.2, 0.25) is 10.0 Å². The van der Waals surface area contributed by atoms with E-state index in [1.165, 1.54) is 5.56 Å². The normalized spacial score (nSPS) is 12.4. The SMILES string of the molecule is Clc1ccc(Cl)c(C(Br)Cc2cccc(Br)c2)c1. The van der Waals surface area contributed by atoms with Gasteiger partial charge in [0.15, 0.2) is 0 Å². The summed E-state index contributed by atoms with van der Waals surface area (Å²) in [6.07, 6.45) is 0.861. The third kappa shape index (κ3) is 3.74. The van der Waals surface area contributed by atoms with Gasteiger partial charge in [-0.1, -0.05) is 67.2 Å². The van der Waals surface area contributed by atoms with Crippen LogP contribution in [0.25, 0.3) is 0 Å². The van der Waals surface area contributed by atoms with E-state index in [-0.39, 0.29) is 4.83 Å². The van der Waals surface area contributed by atoms with Crippen molar-refractivity contribution in [3.05, 3.63) is 68.1 Å². The lowest BCUT2D eigenvalue weighted by molar-refractivity contribution is 0.948. The van der Waals surface area contributed by atoms with Crippen LogP contribution >= 0.6 is 55.1 Å². The van der Waals surface area contributed by atoms with Gasteiger partial charge in [0.1, 0.15) is 0 Å². The molecular formula is C14H10Br2Cl2. The molecule has 0 saturated carbocycles. The van der Waals surface area contributed by atoms with Crippen molar-refractivity contribution in [2.45, 2.75) is 11.2 Å². The van der Waals surface area contributed by atoms with E-state index in [4.69, 9.17) is 23.2 Å². The zero-order chi connectivity index (χ0) is 13.1. The Morgan fingerprint density at radius 2 is 1.83 bits per heavy atom. The van der Waals surface area contributed by atoms with Crippen LogP contribution in [0.3, 0.4) is 0 Å². The van der Waals surface area contributed by atoms with Gasteiger partial charge in [-0.25, -0.2) is 0 Å². The Bertz CT molecular complexity index is 555. The molecule has 0 aromatic heterocycles. The van der Waals surface area contributed by atoms with Gasteiger partial charge in [-0.2, -0.15) is 0 Å². The molecule has 0 N–H and O–H groups in total. The number of halogens is 4. The van der Waals surface area contributed by atoms with Gasteiger partial charge in [0, 0.05) is 19.3 Å². The molecular weight excluding hydrogens is 399 g/mol. The molecule has 0 amide bonds. The maximum absolute atomic E-state index is 6.19. The molecule has 0 aliphatic carbocycles. The minimum atomic E-state index is 0.151. The Morgan fingerprint density at radius 3 is 2.56 bits per heavy atom. The number of hydrogen-bond donors (Lipinski definition) is 0. The minimum absolute atomic E-state index is 0.151. The predicted molar refractivity (Wildman–Crippen MR) is 86.0 cm³/mol. The fraction of sp³-hybridized carbons (Fsp3) is 0.143. The van der Waals surface area contributed by atoms with E-state index >= 15 is 0 Å². The molecule has 1 unspecified atom stereocenters. The second-order valence-electron chi connectivity index (χ2n) is 3.97. The monoisotopic (exact) mass is 406 g/mol. The second kappa shape index (κ2) is 6.42. The standard InChI is InChI=1S/C14H10Br2Cl2/c15-10-3-1-2-9(6-10)7-13(16)12-8-11(17)4-5-14(12)18/h1-6,8,13H,7H2. The molecule has 4 heteroatoms. The van der Waals surface area contributed by atoms with Gasteiger partial charge >= 0.3 is 0 Å². The van der Waals surface area contributed by atoms with Crippen molar-refractivity contribution in [3.63, 3.8) is 0 Å². The number of hydrogen-bond acceptors (Lipinski definition) is 0. The highest BCUT2D eigenvalue weighted by molar-refractivity contribution is 9.10. The van der Waals surface area contributed by atoms with Gasteiger partial charge in [0.2, 0.25) is 0 Å². The largest absolute Gasteiger partial charge is 0.0843 e. The molecule has 18 heavy (non-hydrogen) atoms. The second-order valence-corrected chi connectivity index (χ2v) is 6.83. The molecule has 0 nitrogen and oxygen atoms in total. The summed E-state index contributed by atoms with van der Waals surface area (Å²) in [5.41, 5.74) is 2.26. The molecule has 2 aromatic carbocycles. The van der Waals surface area contributed by atoms with E-state index in [0.717, 1.165) is 21.5 Å². The zero-order valence-corrected chi connectivity index (χ0v) is 14.0. The van der Waals surface area contributed by atoms with Crippen molar-refractivity contribution in [1.82, 2.24) is 0 Å². The first kappa shape index (κ1) is 14.4. The summed E-state index contributed by atoms with van der Waals surface area (Å²) in [5.74, 6) is 0. The molecule has 0 fully saturated rings. The third-order valence-electron chi connectivity index (χ3n) is 2.60. The molecule has 0 aliphatic heterocycles. The van der Waals surface area contributed by atoms with E-state index in [0.29, 0.717) is 5.02 Å². The van der Waals surface area contributed by atoms with Crippen LogP contribution in [-0.2, 0) is 6.42 Å². The molecule has 0 radical (unpaired) electrons. The quantitative estimate of drug-likeness (QED) is 0.513. The highest BCUT2D eigenvalue weighted by Gasteiger charge is 2.13. The summed E-state index contributed by atoms with van der Waals surface area (Å²) >= 11 is 19.3. The van der Waals surface area contributed by atoms with E-state index in [1.807, 2.05) is 24.3 Å². The van der Waals surface area contributed by atoms with Crippen LogP contribution in [0.4, 0.5) is 0 Å². The summed E-state index contributed by atoms with van der Waals surface area (Å²) in [6.45, 7) is 0. The molecule has 1 atom stereocenters. The summed E-state index contributed by atoms with van der Waals surface area (Å²) in [7, 11) is 0. The highest BCUT2D eigenvalue weighted by atomic mass is 79.9. The summed E-state index contributed by atoms with van der Waals surface area (Å²) < 4.78 is 1.08. The maximum atomic E-state index is 6.19. The molecule has 0 aliphatic rings. The third-order valence-corrected chi connectivity index (χ3v) is 4.49. The van der Waals surface area contributed by atoms with E-state index in [9.17, 15) is 0 Å². The van der Waals surface area contributed by atoms with Gasteiger partial charge in [-0.3, -0.25) is 0 Å². The Balaban J connectivity index is 2.21. The Hall–Kier alpha value is -0.0200. The van der Waals surface area contributed by atoms with Crippen molar-refractivity contribution < 1.29 is 0 Å². The van der Waals surface area contributed by atoms with Crippen LogP contribution in [0.5, 0.6) is 0 Å². The first-order valence-corrected chi connectivity index (χ1v) is 7.86. The minimum Gasteiger partial charge on any atom is -0.0843 e. The summed E-state index contributed by atoms with van der Waals surface area (Å²) in [5, 5.41) is 1.43. The van der Waals surface area contributed by atoms with Crippen molar-refractivity contribution >= 4 is 55.1 Å². The lowest BCUT2D eigenvalue weighted by atomic mass is 10.0. The van der Waals surface area contributed by atoms with Crippen molar-refractivity contribution in [2.24, 2.45) is 0 Å². The summed E-state index contributed by atoms with van der Waals surface area (Å²) in [6, 6.07) is 13.8. The van der Waals surface area contributed by atoms with Crippen LogP contribution in [-0.4, -0.2) is 0 Å². The maximum Gasteiger partial charge on any atom is 0.0450 e. The highest BCUT2D eigenvalue weighted by Crippen LogP contribution is 2.34. The number of benzene rings is 2. The van der Waals surface area contributed by atoms with Crippen molar-refractivity contribution in [2.75, 3.05) is 0 Å². The van der Waals surface area contributed by atoms with Crippen LogP contribution in [0.1, 0.15) is 16.0 Å². The fourth-order valence-electron chi connectivity index (χ4n) is 1.74. The van der Waals surface area contributed by atoms with Gasteiger partial charge in [0.05, 0.1) is 0 Å². The van der Waals surface area contributed by atoms with Crippen LogP contribution in [0, 0.1) is 0 Å². The van der Waals surface area contributed by atoms with Crippen molar-refractivity contribution in [3.8, 4) is 0 Å². The first-order valence-electron chi connectivity index (χ1n) is 5.40. The lowest BCUT2D eigenvalue weighted by Gasteiger charge is -2.13. The number of alkyl halides is 1. The lowest BCUT2D eigenvalue weighted by Crippen LogP contribution is -1.96. The van der Waals surface area contributed by atoms with E-state index < -0.39 is 0 Å². The first-order chi connectivity index (χ1) is 8.56.